The van der Waals surface area contributed by atoms with E-state index < -0.39 is 12.0 Å². The molecule has 1 aliphatic heterocycles. The van der Waals surface area contributed by atoms with Crippen molar-refractivity contribution in [3.63, 3.8) is 0 Å². The highest BCUT2D eigenvalue weighted by molar-refractivity contribution is 8.26. The maximum absolute atomic E-state index is 12.5. The van der Waals surface area contributed by atoms with Gasteiger partial charge < -0.3 is 10.4 Å². The van der Waals surface area contributed by atoms with E-state index in [4.69, 9.17) is 17.3 Å². The molecule has 0 aromatic heterocycles. The Hall–Kier alpha value is -2.19. The Morgan fingerprint density at radius 1 is 1.38 bits per heavy atom. The van der Waals surface area contributed by atoms with Crippen molar-refractivity contribution in [2.24, 2.45) is 0 Å². The Bertz CT molecular complexity index is 776. The van der Waals surface area contributed by atoms with Gasteiger partial charge in [0.25, 0.3) is 5.91 Å². The van der Waals surface area contributed by atoms with Crippen molar-refractivity contribution in [1.82, 2.24) is 10.2 Å². The first-order valence-corrected chi connectivity index (χ1v) is 9.35. The molecule has 0 aliphatic carbocycles. The van der Waals surface area contributed by atoms with Crippen LogP contribution in [0.1, 0.15) is 30.9 Å². The van der Waals surface area contributed by atoms with Crippen LogP contribution in [0.5, 0.6) is 0 Å². The number of thiocarbonyl (C=S) groups is 1. The van der Waals surface area contributed by atoms with Gasteiger partial charge in [-0.3, -0.25) is 19.3 Å². The van der Waals surface area contributed by atoms with E-state index in [-0.39, 0.29) is 18.2 Å². The molecule has 2 rings (SSSR count). The van der Waals surface area contributed by atoms with E-state index in [0.29, 0.717) is 22.2 Å². The monoisotopic (exact) mass is 392 g/mol. The number of aryl methyl sites for hydroxylation is 1. The minimum Gasteiger partial charge on any atom is -0.480 e. The summed E-state index contributed by atoms with van der Waals surface area (Å²) >= 11 is 6.53. The Morgan fingerprint density at radius 2 is 2.08 bits per heavy atom. The van der Waals surface area contributed by atoms with Crippen LogP contribution in [0, 0.1) is 6.92 Å². The molecular weight excluding hydrogens is 372 g/mol. The van der Waals surface area contributed by atoms with Crippen molar-refractivity contribution < 1.29 is 19.5 Å². The third kappa shape index (κ3) is 5.15. The Labute approximate surface area is 161 Å². The van der Waals surface area contributed by atoms with Crippen LogP contribution in [0.15, 0.2) is 29.2 Å². The van der Waals surface area contributed by atoms with E-state index in [2.05, 4.69) is 5.32 Å². The highest BCUT2D eigenvalue weighted by Gasteiger charge is 2.31. The summed E-state index contributed by atoms with van der Waals surface area (Å²) in [5, 5.41) is 11.2. The molecule has 0 spiro atoms. The average Bonchev–Trinajstić information content (AvgIpc) is 2.84. The molecule has 1 aromatic carbocycles. The van der Waals surface area contributed by atoms with E-state index in [1.807, 2.05) is 37.3 Å². The first-order chi connectivity index (χ1) is 12.3. The zero-order valence-electron chi connectivity index (χ0n) is 14.5. The molecule has 1 atom stereocenters. The third-order valence-electron chi connectivity index (χ3n) is 3.88. The summed E-state index contributed by atoms with van der Waals surface area (Å²) in [6.07, 6.45) is 2.36. The van der Waals surface area contributed by atoms with Crippen LogP contribution in [0.2, 0.25) is 0 Å². The molecule has 8 heteroatoms. The lowest BCUT2D eigenvalue weighted by atomic mass is 10.1. The van der Waals surface area contributed by atoms with E-state index >= 15 is 0 Å². The third-order valence-corrected chi connectivity index (χ3v) is 5.26. The maximum Gasteiger partial charge on any atom is 0.325 e. The number of hydrogen-bond donors (Lipinski definition) is 2. The number of nitrogens with one attached hydrogen (secondary N) is 1. The molecule has 138 valence electrons. The van der Waals surface area contributed by atoms with Crippen LogP contribution < -0.4 is 5.32 Å². The van der Waals surface area contributed by atoms with E-state index in [9.17, 15) is 14.4 Å². The van der Waals surface area contributed by atoms with Crippen LogP contribution in [0.3, 0.4) is 0 Å². The number of aliphatic carboxylic acids is 1. The normalized spacial score (nSPS) is 16.8. The second-order valence-electron chi connectivity index (χ2n) is 5.92. The minimum atomic E-state index is -1.09. The second-order valence-corrected chi connectivity index (χ2v) is 7.60. The molecule has 1 heterocycles. The number of amides is 2. The van der Waals surface area contributed by atoms with Gasteiger partial charge in [0.05, 0.1) is 4.91 Å². The average molecular weight is 393 g/mol. The first kappa shape index (κ1) is 20.1. The van der Waals surface area contributed by atoms with Crippen molar-refractivity contribution in [1.29, 1.82) is 0 Å². The van der Waals surface area contributed by atoms with Crippen LogP contribution in [-0.2, 0) is 14.4 Å². The molecule has 1 unspecified atom stereocenters. The standard InChI is InChI=1S/C18H20N2O4S2/c1-11-6-3-4-7-13(11)10-14-16(22)20(18(25)26-14)9-5-8-15(21)19-12(2)17(23)24/h3-4,6-7,10,12H,5,8-9H2,1-2H3,(H,19,21)(H,23,24)/b14-10-. The van der Waals surface area contributed by atoms with Gasteiger partial charge in [0.1, 0.15) is 10.4 Å². The summed E-state index contributed by atoms with van der Waals surface area (Å²) in [6, 6.07) is 6.83. The summed E-state index contributed by atoms with van der Waals surface area (Å²) in [5.74, 6) is -1.61. The van der Waals surface area contributed by atoms with Gasteiger partial charge >= 0.3 is 5.97 Å². The van der Waals surface area contributed by atoms with Crippen LogP contribution >= 0.6 is 24.0 Å². The Kier molecular flexibility index (Phi) is 6.93. The number of carbonyl (C=O) groups excluding carboxylic acids is 2. The first-order valence-electron chi connectivity index (χ1n) is 8.12. The van der Waals surface area contributed by atoms with E-state index in [0.717, 1.165) is 11.1 Å². The molecule has 0 bridgehead atoms. The summed E-state index contributed by atoms with van der Waals surface area (Å²) in [5.41, 5.74) is 2.04. The number of benzene rings is 1. The highest BCUT2D eigenvalue weighted by Crippen LogP contribution is 2.33. The lowest BCUT2D eigenvalue weighted by molar-refractivity contribution is -0.141. The SMILES string of the molecule is Cc1ccccc1/C=C1\SC(=S)N(CCCC(=O)NC(C)C(=O)O)C1=O. The number of nitrogens with zero attached hydrogens (tertiary/aromatic N) is 1. The zero-order chi connectivity index (χ0) is 19.3. The van der Waals surface area contributed by atoms with Gasteiger partial charge in [0.2, 0.25) is 5.91 Å². The minimum absolute atomic E-state index is 0.130. The van der Waals surface area contributed by atoms with Gasteiger partial charge in [-0.2, -0.15) is 0 Å². The molecular formula is C18H20N2O4S2. The van der Waals surface area contributed by atoms with Crippen LogP contribution in [-0.4, -0.2) is 44.7 Å². The molecule has 1 saturated heterocycles. The van der Waals surface area contributed by atoms with E-state index in [1.165, 1.54) is 23.6 Å². The van der Waals surface area contributed by atoms with Gasteiger partial charge in [-0.05, 0) is 37.5 Å². The van der Waals surface area contributed by atoms with Crippen molar-refractivity contribution in [2.75, 3.05) is 6.54 Å². The van der Waals surface area contributed by atoms with Crippen molar-refractivity contribution >= 4 is 52.2 Å². The Balaban J connectivity index is 1.92. The molecule has 6 nitrogen and oxygen atoms in total. The number of carbonyl (C=O) groups is 3. The largest absolute Gasteiger partial charge is 0.480 e. The lowest BCUT2D eigenvalue weighted by Crippen LogP contribution is -2.38. The molecule has 1 aromatic rings. The zero-order valence-corrected chi connectivity index (χ0v) is 16.2. The predicted molar refractivity (Wildman–Crippen MR) is 106 cm³/mol. The summed E-state index contributed by atoms with van der Waals surface area (Å²) in [7, 11) is 0. The fraction of sp³-hybridized carbons (Fsp3) is 0.333. The smallest absolute Gasteiger partial charge is 0.325 e. The number of hydrogen-bond acceptors (Lipinski definition) is 5. The summed E-state index contributed by atoms with van der Waals surface area (Å²) in [4.78, 5) is 37.0. The van der Waals surface area contributed by atoms with Gasteiger partial charge in [0, 0.05) is 13.0 Å². The fourth-order valence-electron chi connectivity index (χ4n) is 2.36. The van der Waals surface area contributed by atoms with Crippen molar-refractivity contribution in [2.45, 2.75) is 32.7 Å². The molecule has 2 amide bonds. The van der Waals surface area contributed by atoms with Crippen LogP contribution in [0.4, 0.5) is 0 Å². The molecule has 2 N–H and O–H groups in total. The number of carboxylic acids is 1. The second kappa shape index (κ2) is 8.95. The maximum atomic E-state index is 12.5. The Morgan fingerprint density at radius 3 is 2.73 bits per heavy atom. The van der Waals surface area contributed by atoms with Crippen molar-refractivity contribution in [3.8, 4) is 0 Å². The molecule has 0 saturated carbocycles. The number of thioether (sulfide) groups is 1. The number of carboxylic acid groups (broad SMARTS) is 1. The topological polar surface area (TPSA) is 86.7 Å². The fourth-order valence-corrected chi connectivity index (χ4v) is 3.66. The van der Waals surface area contributed by atoms with E-state index in [1.54, 1.807) is 0 Å². The van der Waals surface area contributed by atoms with Gasteiger partial charge in [-0.1, -0.05) is 48.2 Å². The molecule has 0 radical (unpaired) electrons. The number of rotatable bonds is 7. The molecule has 26 heavy (non-hydrogen) atoms. The van der Waals surface area contributed by atoms with Gasteiger partial charge in [-0.25, -0.2) is 0 Å². The molecule has 1 aliphatic rings. The highest BCUT2D eigenvalue weighted by atomic mass is 32.2. The van der Waals surface area contributed by atoms with Gasteiger partial charge in [-0.15, -0.1) is 0 Å². The summed E-state index contributed by atoms with van der Waals surface area (Å²) in [6.45, 7) is 3.70. The van der Waals surface area contributed by atoms with Crippen molar-refractivity contribution in [3.05, 3.63) is 40.3 Å². The summed E-state index contributed by atoms with van der Waals surface area (Å²) < 4.78 is 0.467. The van der Waals surface area contributed by atoms with Gasteiger partial charge in [0.15, 0.2) is 0 Å². The molecule has 1 fully saturated rings. The quantitative estimate of drug-likeness (QED) is 0.548. The van der Waals surface area contributed by atoms with Crippen LogP contribution in [0.25, 0.3) is 6.08 Å². The predicted octanol–water partition coefficient (Wildman–Crippen LogP) is 2.57. The lowest BCUT2D eigenvalue weighted by Gasteiger charge is -2.14.